The van der Waals surface area contributed by atoms with Crippen molar-refractivity contribution in [2.24, 2.45) is 17.8 Å². The van der Waals surface area contributed by atoms with E-state index in [0.29, 0.717) is 6.17 Å². The molecule has 0 aromatic carbocycles. The van der Waals surface area contributed by atoms with Crippen LogP contribution in [0.4, 0.5) is 0 Å². The monoisotopic (exact) mass is 211 g/mol. The lowest BCUT2D eigenvalue weighted by Gasteiger charge is -2.32. The second kappa shape index (κ2) is 5.28. The van der Waals surface area contributed by atoms with Gasteiger partial charge in [0.05, 0.1) is 6.17 Å². The van der Waals surface area contributed by atoms with Crippen molar-refractivity contribution in [1.82, 2.24) is 16.2 Å². The van der Waals surface area contributed by atoms with Crippen LogP contribution in [0.25, 0.3) is 0 Å². The minimum atomic E-state index is 0.400. The van der Waals surface area contributed by atoms with Gasteiger partial charge in [0.1, 0.15) is 0 Å². The Kier molecular flexibility index (Phi) is 4.00. The van der Waals surface area contributed by atoms with Crippen LogP contribution in [0.15, 0.2) is 0 Å². The molecule has 1 aliphatic heterocycles. The van der Waals surface area contributed by atoms with E-state index in [0.717, 1.165) is 24.3 Å². The second-order valence-corrected chi connectivity index (χ2v) is 5.44. The van der Waals surface area contributed by atoms with Gasteiger partial charge in [0, 0.05) is 13.1 Å². The first-order valence-corrected chi connectivity index (χ1v) is 6.47. The Hall–Kier alpha value is -0.120. The Morgan fingerprint density at radius 3 is 2.33 bits per heavy atom. The van der Waals surface area contributed by atoms with Gasteiger partial charge in [-0.25, -0.2) is 5.43 Å². The minimum Gasteiger partial charge on any atom is -0.301 e. The van der Waals surface area contributed by atoms with Crippen molar-refractivity contribution in [3.8, 4) is 0 Å². The zero-order valence-corrected chi connectivity index (χ0v) is 10.1. The van der Waals surface area contributed by atoms with Gasteiger partial charge in [0.25, 0.3) is 0 Å². The third kappa shape index (κ3) is 3.16. The summed E-state index contributed by atoms with van der Waals surface area (Å²) in [5.74, 6) is 2.72. The minimum absolute atomic E-state index is 0.400. The molecule has 0 amide bonds. The van der Waals surface area contributed by atoms with E-state index >= 15 is 0 Å². The maximum absolute atomic E-state index is 3.53. The summed E-state index contributed by atoms with van der Waals surface area (Å²) in [4.78, 5) is 0. The molecule has 3 N–H and O–H groups in total. The van der Waals surface area contributed by atoms with Crippen LogP contribution >= 0.6 is 0 Å². The zero-order chi connectivity index (χ0) is 10.7. The Balaban J connectivity index is 1.82. The predicted molar refractivity (Wildman–Crippen MR) is 63.2 cm³/mol. The normalized spacial score (nSPS) is 43.6. The van der Waals surface area contributed by atoms with E-state index in [2.05, 4.69) is 30.0 Å². The van der Waals surface area contributed by atoms with Crippen molar-refractivity contribution in [1.29, 1.82) is 0 Å². The summed E-state index contributed by atoms with van der Waals surface area (Å²) in [6, 6.07) is 0. The summed E-state index contributed by atoms with van der Waals surface area (Å²) in [5, 5.41) is 3.53. The van der Waals surface area contributed by atoms with Gasteiger partial charge < -0.3 is 5.32 Å². The number of rotatable bonds is 1. The first kappa shape index (κ1) is 11.4. The van der Waals surface area contributed by atoms with Crippen LogP contribution in [-0.2, 0) is 0 Å². The number of hydrazine groups is 1. The maximum atomic E-state index is 3.53. The first-order chi connectivity index (χ1) is 7.25. The molecule has 2 unspecified atom stereocenters. The molecule has 0 radical (unpaired) electrons. The quantitative estimate of drug-likeness (QED) is 0.615. The smallest absolute Gasteiger partial charge is 0.0675 e. The highest BCUT2D eigenvalue weighted by Gasteiger charge is 2.27. The molecular formula is C12H25N3. The van der Waals surface area contributed by atoms with Gasteiger partial charge in [0.15, 0.2) is 0 Å². The molecule has 2 fully saturated rings. The molecule has 2 atom stereocenters. The van der Waals surface area contributed by atoms with Crippen molar-refractivity contribution in [3.05, 3.63) is 0 Å². The molecule has 0 aromatic rings. The van der Waals surface area contributed by atoms with Crippen LogP contribution in [0.5, 0.6) is 0 Å². The topological polar surface area (TPSA) is 36.1 Å². The Morgan fingerprint density at radius 2 is 1.60 bits per heavy atom. The Labute approximate surface area is 93.4 Å². The van der Waals surface area contributed by atoms with Gasteiger partial charge in [-0.2, -0.15) is 0 Å². The number of hydrogen-bond donors (Lipinski definition) is 3. The van der Waals surface area contributed by atoms with Crippen LogP contribution in [0.2, 0.25) is 0 Å². The molecule has 2 aliphatic rings. The molecule has 15 heavy (non-hydrogen) atoms. The fraction of sp³-hybridized carbons (Fsp3) is 1.00. The van der Waals surface area contributed by atoms with Crippen molar-refractivity contribution >= 4 is 0 Å². The molecule has 2 rings (SSSR count). The molecule has 1 heterocycles. The summed E-state index contributed by atoms with van der Waals surface area (Å²) < 4.78 is 0. The van der Waals surface area contributed by atoms with Crippen molar-refractivity contribution in [3.63, 3.8) is 0 Å². The highest BCUT2D eigenvalue weighted by molar-refractivity contribution is 4.81. The van der Waals surface area contributed by atoms with Crippen LogP contribution in [0, 0.1) is 17.8 Å². The van der Waals surface area contributed by atoms with Gasteiger partial charge in [0.2, 0.25) is 0 Å². The molecule has 3 heteroatoms. The maximum Gasteiger partial charge on any atom is 0.0675 e. The summed E-state index contributed by atoms with van der Waals surface area (Å²) >= 11 is 0. The van der Waals surface area contributed by atoms with E-state index in [9.17, 15) is 0 Å². The van der Waals surface area contributed by atoms with Gasteiger partial charge in [-0.15, -0.1) is 0 Å². The average Bonchev–Trinajstić information content (AvgIpc) is 2.44. The van der Waals surface area contributed by atoms with Gasteiger partial charge in [-0.3, -0.25) is 5.43 Å². The third-order valence-electron chi connectivity index (χ3n) is 4.10. The lowest BCUT2D eigenvalue weighted by atomic mass is 9.76. The fourth-order valence-corrected chi connectivity index (χ4v) is 2.89. The van der Waals surface area contributed by atoms with E-state index in [1.54, 1.807) is 0 Å². The molecule has 1 saturated heterocycles. The molecule has 1 saturated carbocycles. The van der Waals surface area contributed by atoms with E-state index in [1.807, 2.05) is 0 Å². The van der Waals surface area contributed by atoms with E-state index < -0.39 is 0 Å². The van der Waals surface area contributed by atoms with Crippen LogP contribution in [0.3, 0.4) is 0 Å². The van der Waals surface area contributed by atoms with E-state index in [-0.39, 0.29) is 0 Å². The zero-order valence-electron chi connectivity index (χ0n) is 10.1. The van der Waals surface area contributed by atoms with Gasteiger partial charge in [-0.1, -0.05) is 19.8 Å². The second-order valence-electron chi connectivity index (χ2n) is 5.44. The van der Waals surface area contributed by atoms with Crippen LogP contribution in [-0.4, -0.2) is 19.3 Å². The molecule has 0 aromatic heterocycles. The van der Waals surface area contributed by atoms with Crippen LogP contribution < -0.4 is 16.2 Å². The van der Waals surface area contributed by atoms with Crippen LogP contribution in [0.1, 0.15) is 39.5 Å². The van der Waals surface area contributed by atoms with Crippen molar-refractivity contribution < 1.29 is 0 Å². The fourth-order valence-electron chi connectivity index (χ4n) is 2.89. The highest BCUT2D eigenvalue weighted by Crippen LogP contribution is 2.33. The summed E-state index contributed by atoms with van der Waals surface area (Å²) in [5.41, 5.74) is 6.60. The number of hydrogen-bond acceptors (Lipinski definition) is 3. The molecule has 3 nitrogen and oxygen atoms in total. The van der Waals surface area contributed by atoms with E-state index in [1.165, 1.54) is 32.2 Å². The lowest BCUT2D eigenvalue weighted by molar-refractivity contribution is 0.210. The van der Waals surface area contributed by atoms with Crippen molar-refractivity contribution in [2.45, 2.75) is 45.7 Å². The van der Waals surface area contributed by atoms with Gasteiger partial charge in [-0.05, 0) is 37.5 Å². The largest absolute Gasteiger partial charge is 0.301 e. The van der Waals surface area contributed by atoms with E-state index in [4.69, 9.17) is 0 Å². The number of nitrogens with one attached hydrogen (secondary N) is 3. The Morgan fingerprint density at radius 1 is 0.867 bits per heavy atom. The summed E-state index contributed by atoms with van der Waals surface area (Å²) in [6.07, 6.45) is 6.14. The third-order valence-corrected chi connectivity index (χ3v) is 4.10. The Bertz CT molecular complexity index is 187. The SMILES string of the molecule is CC1CCC(C2CNNC(C)NC2)CC1. The molecule has 0 spiro atoms. The average molecular weight is 211 g/mol. The lowest BCUT2D eigenvalue weighted by Crippen LogP contribution is -2.43. The molecule has 88 valence electrons. The van der Waals surface area contributed by atoms with Gasteiger partial charge >= 0.3 is 0 Å². The predicted octanol–water partition coefficient (Wildman–Crippen LogP) is 1.47. The molecular weight excluding hydrogens is 186 g/mol. The summed E-state index contributed by atoms with van der Waals surface area (Å²) in [6.45, 7) is 6.85. The summed E-state index contributed by atoms with van der Waals surface area (Å²) in [7, 11) is 0. The standard InChI is InChI=1S/C12H25N3/c1-9-3-5-11(6-4-9)12-7-13-10(2)15-14-8-12/h9-15H,3-8H2,1-2H3. The molecule has 1 aliphatic carbocycles. The highest BCUT2D eigenvalue weighted by atomic mass is 15.4. The molecule has 0 bridgehead atoms. The van der Waals surface area contributed by atoms with Crippen molar-refractivity contribution in [2.75, 3.05) is 13.1 Å². The first-order valence-electron chi connectivity index (χ1n) is 6.47.